The van der Waals surface area contributed by atoms with E-state index in [0.717, 1.165) is 50.5 Å². The Kier molecular flexibility index (Phi) is 11.2. The molecule has 0 bridgehead atoms. The first kappa shape index (κ1) is 25.3. The number of halogens is 2. The van der Waals surface area contributed by atoms with Crippen LogP contribution >= 0.6 is 23.2 Å². The van der Waals surface area contributed by atoms with Gasteiger partial charge < -0.3 is 5.11 Å². The van der Waals surface area contributed by atoms with Gasteiger partial charge in [0.1, 0.15) is 0 Å². The smallest absolute Gasteiger partial charge is 0.0790 e. The zero-order valence-corrected chi connectivity index (χ0v) is 21.6. The second kappa shape index (κ2) is 12.8. The molecule has 0 aromatic heterocycles. The Morgan fingerprint density at radius 2 is 1.86 bits per heavy atom. The Labute approximate surface area is 211 Å². The Hall–Kier alpha value is 0.0839. The maximum Gasteiger partial charge on any atom is 0.0790 e. The van der Waals surface area contributed by atoms with Gasteiger partial charge >= 0.3 is 0 Å². The van der Waals surface area contributed by atoms with E-state index in [1.165, 1.54) is 11.1 Å². The van der Waals surface area contributed by atoms with E-state index in [0.29, 0.717) is 5.92 Å². The van der Waals surface area contributed by atoms with Gasteiger partial charge in [-0.05, 0) is 36.3 Å². The normalized spacial score (nSPS) is 24.8. The number of aryl methyl sites for hydroxylation is 1. The summed E-state index contributed by atoms with van der Waals surface area (Å²) in [6.07, 6.45) is 6.70. The summed E-state index contributed by atoms with van der Waals surface area (Å²) in [5.74, 6) is 0.682. The molecule has 2 aromatic rings. The minimum Gasteiger partial charge on any atom is -0.388 e. The molecule has 1 aliphatic rings. The van der Waals surface area contributed by atoms with Gasteiger partial charge in [-0.3, -0.25) is 0 Å². The molecule has 1 saturated carbocycles. The number of hydrogen-bond donors (Lipinski definition) is 1. The van der Waals surface area contributed by atoms with Gasteiger partial charge in [-0.1, -0.05) is 56.9 Å². The molecule has 1 N–H and O–H groups in total. The van der Waals surface area contributed by atoms with Crippen LogP contribution in [-0.4, -0.2) is 15.9 Å². The maximum absolute atomic E-state index is 10.3. The molecule has 0 aliphatic heterocycles. The molecule has 5 unspecified atom stereocenters. The largest absolute Gasteiger partial charge is 0.388 e. The summed E-state index contributed by atoms with van der Waals surface area (Å²) in [7, 11) is 0. The van der Waals surface area contributed by atoms with E-state index in [2.05, 4.69) is 49.4 Å². The summed E-state index contributed by atoms with van der Waals surface area (Å²) >= 11 is 13.4. The Morgan fingerprint density at radius 1 is 1.10 bits per heavy atom. The number of rotatable bonds is 9. The molecule has 1 nitrogen and oxygen atoms in total. The standard InChI is InChI=1S/C25H31Cl2O.Y/c1-2-3-12-24(28)19-13-15-20(16-14-19)25-21(22(26)17-23(25)27)11-7-10-18-8-5-4-6-9-18;/h4-5,8-9,13-16,21-25,28H,2-3,7,10-12,17H2,1H3;/q-1;. The summed E-state index contributed by atoms with van der Waals surface area (Å²) in [4.78, 5) is 0. The van der Waals surface area contributed by atoms with Crippen molar-refractivity contribution >= 4 is 23.2 Å². The molecule has 0 amide bonds. The predicted octanol–water partition coefficient (Wildman–Crippen LogP) is 7.05. The van der Waals surface area contributed by atoms with Crippen molar-refractivity contribution in [1.29, 1.82) is 0 Å². The first-order valence-corrected chi connectivity index (χ1v) is 11.5. The molecular formula is C25H31Cl2OY-. The summed E-state index contributed by atoms with van der Waals surface area (Å²) in [5.41, 5.74) is 3.59. The molecule has 0 saturated heterocycles. The van der Waals surface area contributed by atoms with E-state index in [1.807, 2.05) is 12.1 Å². The second-order valence-electron chi connectivity index (χ2n) is 8.09. The van der Waals surface area contributed by atoms with Crippen LogP contribution in [0.1, 0.15) is 74.2 Å². The van der Waals surface area contributed by atoms with E-state index in [1.54, 1.807) is 0 Å². The average Bonchev–Trinajstić information content (AvgIpc) is 3.00. The maximum atomic E-state index is 10.3. The Bertz CT molecular complexity index is 707. The Morgan fingerprint density at radius 3 is 2.52 bits per heavy atom. The van der Waals surface area contributed by atoms with E-state index in [9.17, 15) is 5.11 Å². The number of aliphatic hydroxyl groups excluding tert-OH is 1. The van der Waals surface area contributed by atoms with Crippen molar-refractivity contribution in [2.75, 3.05) is 0 Å². The van der Waals surface area contributed by atoms with Crippen LogP contribution in [0.5, 0.6) is 0 Å². The zero-order chi connectivity index (χ0) is 19.9. The van der Waals surface area contributed by atoms with Crippen LogP contribution in [0.15, 0.2) is 48.5 Å². The van der Waals surface area contributed by atoms with Crippen LogP contribution < -0.4 is 0 Å². The molecule has 0 spiro atoms. The third kappa shape index (κ3) is 7.04. The quantitative estimate of drug-likeness (QED) is 0.285. The van der Waals surface area contributed by atoms with Crippen molar-refractivity contribution in [3.63, 3.8) is 0 Å². The van der Waals surface area contributed by atoms with Crippen LogP contribution in [0, 0.1) is 12.0 Å². The molecule has 29 heavy (non-hydrogen) atoms. The van der Waals surface area contributed by atoms with Gasteiger partial charge in [-0.15, -0.1) is 23.2 Å². The average molecular weight is 507 g/mol. The minimum atomic E-state index is -0.372. The number of aliphatic hydroxyl groups is 1. The van der Waals surface area contributed by atoms with Gasteiger partial charge in [0.05, 0.1) is 6.10 Å². The molecule has 155 valence electrons. The van der Waals surface area contributed by atoms with Crippen LogP contribution in [0.2, 0.25) is 0 Å². The van der Waals surface area contributed by atoms with Crippen molar-refractivity contribution in [2.24, 2.45) is 5.92 Å². The number of benzene rings is 2. The van der Waals surface area contributed by atoms with Crippen molar-refractivity contribution in [1.82, 2.24) is 0 Å². The van der Waals surface area contributed by atoms with Crippen LogP contribution in [0.3, 0.4) is 0 Å². The van der Waals surface area contributed by atoms with Crippen LogP contribution in [0.25, 0.3) is 0 Å². The van der Waals surface area contributed by atoms with E-state index >= 15 is 0 Å². The third-order valence-electron chi connectivity index (χ3n) is 6.08. The van der Waals surface area contributed by atoms with Crippen molar-refractivity contribution in [3.05, 3.63) is 71.3 Å². The first-order chi connectivity index (χ1) is 13.6. The zero-order valence-electron chi connectivity index (χ0n) is 17.2. The molecule has 5 atom stereocenters. The Balaban J connectivity index is 0.00000300. The summed E-state index contributed by atoms with van der Waals surface area (Å²) in [6, 6.07) is 19.8. The molecule has 4 heteroatoms. The summed E-state index contributed by atoms with van der Waals surface area (Å²) in [5, 5.41) is 10.5. The van der Waals surface area contributed by atoms with Gasteiger partial charge in [0.2, 0.25) is 0 Å². The fourth-order valence-corrected chi connectivity index (χ4v) is 5.57. The molecule has 2 aromatic carbocycles. The van der Waals surface area contributed by atoms with Crippen LogP contribution in [-0.2, 0) is 39.1 Å². The molecule has 1 fully saturated rings. The fraction of sp³-hybridized carbons (Fsp3) is 0.520. The van der Waals surface area contributed by atoms with E-state index in [-0.39, 0.29) is 55.5 Å². The van der Waals surface area contributed by atoms with Crippen LogP contribution in [0.4, 0.5) is 0 Å². The molecule has 1 radical (unpaired) electrons. The van der Waals surface area contributed by atoms with Crippen molar-refractivity contribution in [2.45, 2.75) is 74.6 Å². The first-order valence-electron chi connectivity index (χ1n) is 10.6. The number of hydrogen-bond acceptors (Lipinski definition) is 1. The fourth-order valence-electron chi connectivity index (χ4n) is 4.48. The third-order valence-corrected chi connectivity index (χ3v) is 7.03. The monoisotopic (exact) mass is 506 g/mol. The summed E-state index contributed by atoms with van der Waals surface area (Å²) < 4.78 is 0. The molecular weight excluding hydrogens is 476 g/mol. The summed E-state index contributed by atoms with van der Waals surface area (Å²) in [6.45, 7) is 2.15. The SMILES string of the molecule is CCCCC(O)c1ccc(C2C(Cl)CC(Cl)C2CCCc2c[c-]ccc2)cc1.[Y]. The molecule has 1 aliphatic carbocycles. The van der Waals surface area contributed by atoms with Gasteiger partial charge in [-0.25, -0.2) is 0 Å². The van der Waals surface area contributed by atoms with E-state index < -0.39 is 0 Å². The molecule has 3 rings (SSSR count). The van der Waals surface area contributed by atoms with Gasteiger partial charge in [0, 0.05) is 49.4 Å². The van der Waals surface area contributed by atoms with E-state index in [4.69, 9.17) is 23.2 Å². The van der Waals surface area contributed by atoms with Gasteiger partial charge in [0.25, 0.3) is 0 Å². The molecule has 0 heterocycles. The van der Waals surface area contributed by atoms with Crippen molar-refractivity contribution in [3.8, 4) is 0 Å². The second-order valence-corrected chi connectivity index (χ2v) is 9.21. The number of alkyl halides is 2. The van der Waals surface area contributed by atoms with Crippen molar-refractivity contribution < 1.29 is 37.8 Å². The van der Waals surface area contributed by atoms with Gasteiger partial charge in [0.15, 0.2) is 0 Å². The number of unbranched alkanes of at least 4 members (excludes halogenated alkanes) is 1. The topological polar surface area (TPSA) is 20.2 Å². The minimum absolute atomic E-state index is 0. The van der Waals surface area contributed by atoms with Gasteiger partial charge in [-0.2, -0.15) is 35.9 Å². The predicted molar refractivity (Wildman–Crippen MR) is 119 cm³/mol.